The summed E-state index contributed by atoms with van der Waals surface area (Å²) in [5, 5.41) is 0. The van der Waals surface area contributed by atoms with Crippen molar-refractivity contribution in [2.45, 2.75) is 51.9 Å². The highest BCUT2D eigenvalue weighted by atomic mass is 32.2. The molecule has 0 heterocycles. The first-order valence-corrected chi connectivity index (χ1v) is 8.48. The van der Waals surface area contributed by atoms with Gasteiger partial charge in [0.15, 0.2) is 0 Å². The van der Waals surface area contributed by atoms with Gasteiger partial charge in [0.05, 0.1) is 12.9 Å². The minimum atomic E-state index is -3.25. The van der Waals surface area contributed by atoms with E-state index in [2.05, 4.69) is 28.5 Å². The van der Waals surface area contributed by atoms with E-state index in [1.54, 1.807) is 0 Å². The van der Waals surface area contributed by atoms with Gasteiger partial charge in [-0.25, -0.2) is 0 Å². The van der Waals surface area contributed by atoms with Crippen LogP contribution in [-0.2, 0) is 14.3 Å². The van der Waals surface area contributed by atoms with Crippen LogP contribution >= 0.6 is 0 Å². The molecule has 4 heteroatoms. The predicted molar refractivity (Wildman–Crippen MR) is 77.1 cm³/mol. The molecule has 0 saturated heterocycles. The molecule has 3 nitrogen and oxygen atoms in total. The summed E-state index contributed by atoms with van der Waals surface area (Å²) in [4.78, 5) is 0. The van der Waals surface area contributed by atoms with Crippen LogP contribution in [0.15, 0.2) is 24.3 Å². The first kappa shape index (κ1) is 17.4. The van der Waals surface area contributed by atoms with Gasteiger partial charge in [0, 0.05) is 0 Å². The molecular weight excluding hydrogens is 248 g/mol. The van der Waals surface area contributed by atoms with Crippen LogP contribution in [0.5, 0.6) is 0 Å². The van der Waals surface area contributed by atoms with Crippen LogP contribution in [-0.4, -0.2) is 21.3 Å². The Morgan fingerprint density at radius 3 is 2.17 bits per heavy atom. The van der Waals surface area contributed by atoms with Crippen LogP contribution in [0.3, 0.4) is 0 Å². The second kappa shape index (κ2) is 11.5. The number of hydrogen-bond donors (Lipinski definition) is 0. The largest absolute Gasteiger partial charge is 0.270 e. The maximum Gasteiger partial charge on any atom is 0.264 e. The van der Waals surface area contributed by atoms with Crippen molar-refractivity contribution in [3.63, 3.8) is 0 Å². The first-order valence-electron chi connectivity index (χ1n) is 6.67. The van der Waals surface area contributed by atoms with Crippen molar-refractivity contribution in [1.82, 2.24) is 0 Å². The van der Waals surface area contributed by atoms with E-state index >= 15 is 0 Å². The lowest BCUT2D eigenvalue weighted by Crippen LogP contribution is -2.03. The third-order valence-electron chi connectivity index (χ3n) is 2.46. The van der Waals surface area contributed by atoms with Crippen molar-refractivity contribution in [3.8, 4) is 0 Å². The summed E-state index contributed by atoms with van der Waals surface area (Å²) >= 11 is 0. The average Bonchev–Trinajstić information content (AvgIpc) is 2.29. The summed E-state index contributed by atoms with van der Waals surface area (Å²) in [6.07, 6.45) is 17.3. The molecule has 0 rings (SSSR count). The fourth-order valence-electron chi connectivity index (χ4n) is 1.52. The minimum absolute atomic E-state index is 0.317. The van der Waals surface area contributed by atoms with Gasteiger partial charge in [-0.1, -0.05) is 37.1 Å². The van der Waals surface area contributed by atoms with E-state index in [4.69, 9.17) is 0 Å². The molecule has 0 atom stereocenters. The lowest BCUT2D eigenvalue weighted by Gasteiger charge is -2.00. The van der Waals surface area contributed by atoms with Crippen LogP contribution in [0.1, 0.15) is 51.9 Å². The van der Waals surface area contributed by atoms with Gasteiger partial charge in [-0.15, -0.1) is 0 Å². The highest BCUT2D eigenvalue weighted by Gasteiger charge is 1.99. The molecule has 0 N–H and O–H groups in total. The maximum absolute atomic E-state index is 10.7. The van der Waals surface area contributed by atoms with Gasteiger partial charge in [0.25, 0.3) is 10.1 Å². The molecule has 0 amide bonds. The zero-order valence-corrected chi connectivity index (χ0v) is 12.4. The molecule has 0 radical (unpaired) electrons. The minimum Gasteiger partial charge on any atom is -0.270 e. The van der Waals surface area contributed by atoms with Gasteiger partial charge in [-0.2, -0.15) is 8.42 Å². The fourth-order valence-corrected chi connectivity index (χ4v) is 1.94. The Morgan fingerprint density at radius 1 is 0.889 bits per heavy atom. The maximum atomic E-state index is 10.7. The molecule has 0 aliphatic heterocycles. The normalized spacial score (nSPS) is 12.8. The topological polar surface area (TPSA) is 43.4 Å². The SMILES string of the molecule is CC=CCCC=CCCCCCCOS(C)(=O)=O. The second-order valence-electron chi connectivity index (χ2n) is 4.35. The number of allylic oxidation sites excluding steroid dienone is 4. The van der Waals surface area contributed by atoms with Gasteiger partial charge in [0.2, 0.25) is 0 Å². The molecule has 0 aliphatic carbocycles. The summed E-state index contributed by atoms with van der Waals surface area (Å²) in [5.74, 6) is 0. The number of hydrogen-bond acceptors (Lipinski definition) is 3. The number of unbranched alkanes of at least 4 members (excludes halogenated alkanes) is 5. The van der Waals surface area contributed by atoms with Crippen molar-refractivity contribution in [2.24, 2.45) is 0 Å². The van der Waals surface area contributed by atoms with Crippen LogP contribution in [0.4, 0.5) is 0 Å². The molecule has 0 bridgehead atoms. The summed E-state index contributed by atoms with van der Waals surface area (Å²) in [5.41, 5.74) is 0. The van der Waals surface area contributed by atoms with Crippen molar-refractivity contribution in [1.29, 1.82) is 0 Å². The quantitative estimate of drug-likeness (QED) is 0.327. The van der Waals surface area contributed by atoms with Gasteiger partial charge in [-0.3, -0.25) is 4.18 Å². The van der Waals surface area contributed by atoms with E-state index in [1.807, 2.05) is 6.92 Å². The Kier molecular flexibility index (Phi) is 11.1. The predicted octanol–water partition coefficient (Wildman–Crippen LogP) is 3.83. The second-order valence-corrected chi connectivity index (χ2v) is 5.99. The van der Waals surface area contributed by atoms with E-state index in [1.165, 1.54) is 6.42 Å². The van der Waals surface area contributed by atoms with Crippen LogP contribution < -0.4 is 0 Å². The monoisotopic (exact) mass is 274 g/mol. The summed E-state index contributed by atoms with van der Waals surface area (Å²) in [7, 11) is -3.25. The summed E-state index contributed by atoms with van der Waals surface area (Å²) < 4.78 is 26.0. The molecule has 0 unspecified atom stereocenters. The Morgan fingerprint density at radius 2 is 1.50 bits per heavy atom. The molecule has 0 aromatic rings. The average molecular weight is 274 g/mol. The smallest absolute Gasteiger partial charge is 0.264 e. The highest BCUT2D eigenvalue weighted by Crippen LogP contribution is 2.05. The van der Waals surface area contributed by atoms with Crippen molar-refractivity contribution in [2.75, 3.05) is 12.9 Å². The third kappa shape index (κ3) is 15.4. The molecule has 0 aromatic heterocycles. The van der Waals surface area contributed by atoms with Gasteiger partial charge in [0.1, 0.15) is 0 Å². The molecular formula is C14H26O3S. The molecule has 0 aromatic carbocycles. The Bertz CT molecular complexity index is 329. The van der Waals surface area contributed by atoms with E-state index in [0.717, 1.165) is 44.8 Å². The van der Waals surface area contributed by atoms with E-state index in [0.29, 0.717) is 6.61 Å². The van der Waals surface area contributed by atoms with E-state index < -0.39 is 10.1 Å². The fraction of sp³-hybridized carbons (Fsp3) is 0.714. The van der Waals surface area contributed by atoms with E-state index in [9.17, 15) is 8.42 Å². The zero-order chi connectivity index (χ0) is 13.7. The van der Waals surface area contributed by atoms with Gasteiger partial charge >= 0.3 is 0 Å². The van der Waals surface area contributed by atoms with Gasteiger partial charge in [-0.05, 0) is 39.0 Å². The zero-order valence-electron chi connectivity index (χ0n) is 11.6. The molecule has 0 fully saturated rings. The van der Waals surface area contributed by atoms with Gasteiger partial charge < -0.3 is 0 Å². The molecule has 0 aliphatic rings. The van der Waals surface area contributed by atoms with Crippen molar-refractivity contribution in [3.05, 3.63) is 24.3 Å². The van der Waals surface area contributed by atoms with Crippen LogP contribution in [0.25, 0.3) is 0 Å². The van der Waals surface area contributed by atoms with Crippen molar-refractivity contribution < 1.29 is 12.6 Å². The molecule has 0 spiro atoms. The van der Waals surface area contributed by atoms with Crippen molar-refractivity contribution >= 4 is 10.1 Å². The first-order chi connectivity index (χ1) is 8.56. The third-order valence-corrected chi connectivity index (χ3v) is 3.06. The molecule has 106 valence electrons. The highest BCUT2D eigenvalue weighted by molar-refractivity contribution is 7.85. The summed E-state index contributed by atoms with van der Waals surface area (Å²) in [6.45, 7) is 2.36. The summed E-state index contributed by atoms with van der Waals surface area (Å²) in [6, 6.07) is 0. The number of rotatable bonds is 11. The standard InChI is InChI=1S/C14H26O3S/c1-3-4-5-6-7-8-9-10-11-12-13-14-17-18(2,15)16/h3-4,7-8H,5-6,9-14H2,1-2H3. The van der Waals surface area contributed by atoms with Crippen LogP contribution in [0, 0.1) is 0 Å². The lowest BCUT2D eigenvalue weighted by atomic mass is 10.1. The van der Waals surface area contributed by atoms with Crippen LogP contribution in [0.2, 0.25) is 0 Å². The Balaban J connectivity index is 3.21. The molecule has 0 saturated carbocycles. The Labute approximate surface area is 112 Å². The van der Waals surface area contributed by atoms with E-state index in [-0.39, 0.29) is 0 Å². The lowest BCUT2D eigenvalue weighted by molar-refractivity contribution is 0.310. The molecule has 18 heavy (non-hydrogen) atoms. The Hall–Kier alpha value is -0.610.